The minimum Gasteiger partial charge on any atom is -0.394 e. The third-order valence-corrected chi connectivity index (χ3v) is 2.30. The summed E-state index contributed by atoms with van der Waals surface area (Å²) >= 11 is 0. The van der Waals surface area contributed by atoms with Crippen molar-refractivity contribution in [3.8, 4) is 0 Å². The maximum absolute atomic E-state index is 11.7. The summed E-state index contributed by atoms with van der Waals surface area (Å²) in [5.41, 5.74) is 0. The smallest absolute Gasteiger partial charge is 0.217 e. The van der Waals surface area contributed by atoms with E-state index in [0.29, 0.717) is 0 Å². The number of methoxy groups -OCH3 is 1. The second kappa shape index (κ2) is 5.35. The van der Waals surface area contributed by atoms with E-state index in [9.17, 15) is 14.7 Å². The number of aliphatic hydroxyl groups excluding tert-OH is 2. The molecule has 92 valence electrons. The zero-order valence-electron chi connectivity index (χ0n) is 9.04. The van der Waals surface area contributed by atoms with Crippen LogP contribution in [0.1, 0.15) is 6.92 Å². The van der Waals surface area contributed by atoms with E-state index in [1.165, 1.54) is 14.0 Å². The first kappa shape index (κ1) is 13.0. The lowest BCUT2D eigenvalue weighted by atomic mass is 9.99. The fraction of sp³-hybridized carbons (Fsp3) is 0.778. The molecule has 2 unspecified atom stereocenters. The number of amides is 1. The van der Waals surface area contributed by atoms with Crippen LogP contribution in [0, 0.1) is 0 Å². The average Bonchev–Trinajstić information content (AvgIpc) is 2.25. The van der Waals surface area contributed by atoms with Crippen molar-refractivity contribution in [1.82, 2.24) is 5.32 Å². The predicted octanol–water partition coefficient (Wildman–Crippen LogP) is -2.22. The first-order valence-corrected chi connectivity index (χ1v) is 4.79. The normalized spacial score (nSPS) is 34.9. The molecule has 0 aromatic carbocycles. The third kappa shape index (κ3) is 2.56. The van der Waals surface area contributed by atoms with Gasteiger partial charge < -0.3 is 25.0 Å². The number of nitrogens with one attached hydrogen (secondary N) is 1. The monoisotopic (exact) mass is 233 g/mol. The van der Waals surface area contributed by atoms with Crippen molar-refractivity contribution in [2.24, 2.45) is 0 Å². The Labute approximate surface area is 92.3 Å². The summed E-state index contributed by atoms with van der Waals surface area (Å²) < 4.78 is 10.00. The van der Waals surface area contributed by atoms with Gasteiger partial charge in [0.2, 0.25) is 5.91 Å². The average molecular weight is 233 g/mol. The Hall–Kier alpha value is -1.02. The highest BCUT2D eigenvalue weighted by Crippen LogP contribution is 2.18. The van der Waals surface area contributed by atoms with Gasteiger partial charge in [-0.1, -0.05) is 0 Å². The van der Waals surface area contributed by atoms with Crippen molar-refractivity contribution in [3.05, 3.63) is 0 Å². The molecule has 1 amide bonds. The molecular weight excluding hydrogens is 218 g/mol. The molecule has 3 N–H and O–H groups in total. The highest BCUT2D eigenvalue weighted by molar-refractivity contribution is 5.92. The van der Waals surface area contributed by atoms with E-state index in [1.54, 1.807) is 0 Å². The summed E-state index contributed by atoms with van der Waals surface area (Å²) in [6, 6.07) is -1.06. The van der Waals surface area contributed by atoms with Crippen LogP contribution in [0.5, 0.6) is 0 Å². The molecule has 1 aliphatic heterocycles. The van der Waals surface area contributed by atoms with Gasteiger partial charge in [0.05, 0.1) is 6.61 Å². The van der Waals surface area contributed by atoms with E-state index >= 15 is 0 Å². The lowest BCUT2D eigenvalue weighted by molar-refractivity contribution is -0.224. The number of aliphatic hydroxyl groups is 2. The van der Waals surface area contributed by atoms with Crippen LogP contribution in [0.4, 0.5) is 0 Å². The van der Waals surface area contributed by atoms with Gasteiger partial charge in [-0.25, -0.2) is 0 Å². The zero-order valence-corrected chi connectivity index (χ0v) is 9.04. The molecule has 1 fully saturated rings. The van der Waals surface area contributed by atoms with Crippen molar-refractivity contribution in [2.45, 2.75) is 31.5 Å². The molecule has 0 bridgehead atoms. The number of ether oxygens (including phenoxy) is 2. The van der Waals surface area contributed by atoms with Crippen LogP contribution in [0.15, 0.2) is 0 Å². The van der Waals surface area contributed by atoms with Crippen molar-refractivity contribution < 1.29 is 29.3 Å². The van der Waals surface area contributed by atoms with E-state index < -0.39 is 42.8 Å². The molecule has 0 aliphatic carbocycles. The van der Waals surface area contributed by atoms with Crippen LogP contribution in [0.2, 0.25) is 0 Å². The number of rotatable bonds is 3. The summed E-state index contributed by atoms with van der Waals surface area (Å²) in [5.74, 6) is -1.06. The predicted molar refractivity (Wildman–Crippen MR) is 51.4 cm³/mol. The van der Waals surface area contributed by atoms with Gasteiger partial charge in [-0.2, -0.15) is 0 Å². The summed E-state index contributed by atoms with van der Waals surface area (Å²) in [6.45, 7) is 0.740. The molecule has 16 heavy (non-hydrogen) atoms. The van der Waals surface area contributed by atoms with Gasteiger partial charge in [0.15, 0.2) is 12.1 Å². The maximum Gasteiger partial charge on any atom is 0.217 e. The minimum atomic E-state index is -1.46. The zero-order chi connectivity index (χ0) is 12.3. The van der Waals surface area contributed by atoms with Crippen LogP contribution < -0.4 is 5.32 Å². The Kier molecular flexibility index (Phi) is 4.36. The van der Waals surface area contributed by atoms with E-state index in [4.69, 9.17) is 14.6 Å². The summed E-state index contributed by atoms with van der Waals surface area (Å²) in [4.78, 5) is 22.5. The van der Waals surface area contributed by atoms with Crippen LogP contribution in [0.3, 0.4) is 0 Å². The van der Waals surface area contributed by atoms with Gasteiger partial charge in [-0.15, -0.1) is 0 Å². The van der Waals surface area contributed by atoms with Crippen molar-refractivity contribution >= 4 is 11.7 Å². The Balaban J connectivity index is 2.81. The van der Waals surface area contributed by atoms with Crippen LogP contribution in [0.25, 0.3) is 0 Å². The number of ketones is 1. The number of carbonyl (C=O) groups is 2. The molecule has 1 saturated heterocycles. The molecule has 0 saturated carbocycles. The SMILES string of the molecule is COC1OC(CO)[C@@H](O)C(=O)[C@@H]1NC(C)=O. The van der Waals surface area contributed by atoms with Gasteiger partial charge in [0.1, 0.15) is 18.2 Å². The summed E-state index contributed by atoms with van der Waals surface area (Å²) in [6.07, 6.45) is -3.49. The Morgan fingerprint density at radius 3 is 2.69 bits per heavy atom. The molecule has 1 heterocycles. The van der Waals surface area contributed by atoms with Gasteiger partial charge in [-0.05, 0) is 0 Å². The van der Waals surface area contributed by atoms with Gasteiger partial charge in [0, 0.05) is 14.0 Å². The highest BCUT2D eigenvalue weighted by Gasteiger charge is 2.44. The van der Waals surface area contributed by atoms with Crippen molar-refractivity contribution in [2.75, 3.05) is 13.7 Å². The highest BCUT2D eigenvalue weighted by atomic mass is 16.7. The van der Waals surface area contributed by atoms with E-state index in [-0.39, 0.29) is 0 Å². The van der Waals surface area contributed by atoms with Gasteiger partial charge in [-0.3, -0.25) is 9.59 Å². The third-order valence-electron chi connectivity index (χ3n) is 2.30. The van der Waals surface area contributed by atoms with E-state index in [0.717, 1.165) is 0 Å². The molecule has 1 rings (SSSR count). The summed E-state index contributed by atoms with van der Waals surface area (Å²) in [5, 5.41) is 20.7. The fourth-order valence-corrected chi connectivity index (χ4v) is 1.52. The second-order valence-corrected chi connectivity index (χ2v) is 3.49. The maximum atomic E-state index is 11.7. The molecule has 7 nitrogen and oxygen atoms in total. The molecule has 1 aliphatic rings. The largest absolute Gasteiger partial charge is 0.394 e. The molecular formula is C9H15NO6. The summed E-state index contributed by atoms with van der Waals surface area (Å²) in [7, 11) is 1.30. The number of carbonyl (C=O) groups excluding carboxylic acids is 2. The molecule has 7 heteroatoms. The van der Waals surface area contributed by atoms with Crippen LogP contribution in [-0.2, 0) is 19.1 Å². The van der Waals surface area contributed by atoms with Gasteiger partial charge in [0.25, 0.3) is 0 Å². The molecule has 0 aromatic heterocycles. The Morgan fingerprint density at radius 1 is 1.62 bits per heavy atom. The number of hydrogen-bond acceptors (Lipinski definition) is 6. The van der Waals surface area contributed by atoms with E-state index in [2.05, 4.69) is 5.32 Å². The molecule has 0 aromatic rings. The van der Waals surface area contributed by atoms with Crippen LogP contribution in [-0.4, -0.2) is 60.2 Å². The molecule has 0 spiro atoms. The Morgan fingerprint density at radius 2 is 2.25 bits per heavy atom. The lowest BCUT2D eigenvalue weighted by Gasteiger charge is -2.36. The van der Waals surface area contributed by atoms with E-state index in [1.807, 2.05) is 0 Å². The minimum absolute atomic E-state index is 0.432. The fourth-order valence-electron chi connectivity index (χ4n) is 1.52. The quantitative estimate of drug-likeness (QED) is 0.510. The van der Waals surface area contributed by atoms with Crippen LogP contribution >= 0.6 is 0 Å². The molecule has 4 atom stereocenters. The first-order valence-electron chi connectivity index (χ1n) is 4.79. The first-order chi connectivity index (χ1) is 7.51. The lowest BCUT2D eigenvalue weighted by Crippen LogP contribution is -2.62. The standard InChI is InChI=1S/C9H15NO6/c1-4(12)10-6-8(14)7(13)5(3-11)16-9(6)15-2/h5-7,9,11,13H,3H2,1-2H3,(H,10,12)/t5?,6-,7+,9?/m0/s1. The number of hydrogen-bond donors (Lipinski definition) is 3. The number of Topliss-reactive ketones (excluding diaryl/α,β-unsaturated/α-hetero) is 1. The Bertz CT molecular complexity index is 281. The van der Waals surface area contributed by atoms with Gasteiger partial charge >= 0.3 is 0 Å². The molecule has 0 radical (unpaired) electrons. The topological polar surface area (TPSA) is 105 Å². The van der Waals surface area contributed by atoms with Crippen molar-refractivity contribution in [1.29, 1.82) is 0 Å². The van der Waals surface area contributed by atoms with Crippen molar-refractivity contribution in [3.63, 3.8) is 0 Å². The second-order valence-electron chi connectivity index (χ2n) is 3.49.